The molecule has 0 bridgehead atoms. The van der Waals surface area contributed by atoms with E-state index in [4.69, 9.17) is 0 Å². The summed E-state index contributed by atoms with van der Waals surface area (Å²) in [5.41, 5.74) is -0.0862. The Morgan fingerprint density at radius 1 is 1.15 bits per heavy atom. The first-order valence-corrected chi connectivity index (χ1v) is 6.64. The van der Waals surface area contributed by atoms with Crippen LogP contribution >= 0.6 is 0 Å². The van der Waals surface area contributed by atoms with Gasteiger partial charge in [-0.05, 0) is 44.0 Å². The van der Waals surface area contributed by atoms with E-state index >= 15 is 0 Å². The highest BCUT2D eigenvalue weighted by molar-refractivity contribution is 6.21. The molecule has 2 amide bonds. The first-order valence-electron chi connectivity index (χ1n) is 6.64. The standard InChI is InChI=1S/C14H14F2N2O2/c15-11-5-9-10(6-12(11)16)14(20)18(13(9)19)4-2-8-1-3-17-7-8/h5-6,8,17H,1-4,7H2. The molecule has 0 aromatic heterocycles. The number of imide groups is 1. The molecule has 1 unspecified atom stereocenters. The van der Waals surface area contributed by atoms with Crippen LogP contribution in [0.25, 0.3) is 0 Å². The number of rotatable bonds is 3. The van der Waals surface area contributed by atoms with Crippen LogP contribution in [0.2, 0.25) is 0 Å². The lowest BCUT2D eigenvalue weighted by Crippen LogP contribution is -2.32. The third-order valence-corrected chi connectivity index (χ3v) is 3.93. The maximum absolute atomic E-state index is 13.2. The zero-order chi connectivity index (χ0) is 14.3. The van der Waals surface area contributed by atoms with Gasteiger partial charge >= 0.3 is 0 Å². The highest BCUT2D eigenvalue weighted by Gasteiger charge is 2.36. The number of hydrogen-bond acceptors (Lipinski definition) is 3. The molecule has 1 N–H and O–H groups in total. The van der Waals surface area contributed by atoms with Gasteiger partial charge in [-0.25, -0.2) is 8.78 Å². The van der Waals surface area contributed by atoms with E-state index in [-0.39, 0.29) is 11.1 Å². The number of carbonyl (C=O) groups is 2. The van der Waals surface area contributed by atoms with Gasteiger partial charge < -0.3 is 5.32 Å². The fourth-order valence-electron chi connectivity index (χ4n) is 2.76. The Morgan fingerprint density at radius 3 is 2.25 bits per heavy atom. The molecular weight excluding hydrogens is 266 g/mol. The van der Waals surface area contributed by atoms with Crippen molar-refractivity contribution in [2.24, 2.45) is 5.92 Å². The van der Waals surface area contributed by atoms with Crippen LogP contribution in [0, 0.1) is 17.6 Å². The van der Waals surface area contributed by atoms with Crippen LogP contribution in [0.5, 0.6) is 0 Å². The zero-order valence-corrected chi connectivity index (χ0v) is 10.8. The summed E-state index contributed by atoms with van der Waals surface area (Å²) in [4.78, 5) is 25.2. The zero-order valence-electron chi connectivity index (χ0n) is 10.8. The molecule has 1 aromatic rings. The van der Waals surface area contributed by atoms with Gasteiger partial charge in [0.2, 0.25) is 0 Å². The second kappa shape index (κ2) is 4.94. The first kappa shape index (κ1) is 13.2. The lowest BCUT2D eigenvalue weighted by atomic mass is 10.1. The molecule has 0 spiro atoms. The van der Waals surface area contributed by atoms with E-state index in [0.717, 1.165) is 36.5 Å². The molecule has 20 heavy (non-hydrogen) atoms. The van der Waals surface area contributed by atoms with Crippen molar-refractivity contribution in [2.75, 3.05) is 19.6 Å². The maximum atomic E-state index is 13.2. The number of carbonyl (C=O) groups excluding carboxylic acids is 2. The number of fused-ring (bicyclic) bond motifs is 1. The molecule has 2 heterocycles. The van der Waals surface area contributed by atoms with E-state index in [1.807, 2.05) is 0 Å². The minimum atomic E-state index is -1.10. The van der Waals surface area contributed by atoms with Gasteiger partial charge in [0.15, 0.2) is 11.6 Å². The summed E-state index contributed by atoms with van der Waals surface area (Å²) in [6, 6.07) is 1.62. The SMILES string of the molecule is O=C1c2cc(F)c(F)cc2C(=O)N1CCC1CCNC1. The third kappa shape index (κ3) is 2.10. The van der Waals surface area contributed by atoms with Crippen LogP contribution in [0.4, 0.5) is 8.78 Å². The minimum absolute atomic E-state index is 0.0431. The van der Waals surface area contributed by atoms with Gasteiger partial charge in [-0.3, -0.25) is 14.5 Å². The summed E-state index contributed by atoms with van der Waals surface area (Å²) in [6.45, 7) is 2.12. The smallest absolute Gasteiger partial charge is 0.261 e. The predicted molar refractivity (Wildman–Crippen MR) is 67.3 cm³/mol. The van der Waals surface area contributed by atoms with Gasteiger partial charge in [0.1, 0.15) is 0 Å². The summed E-state index contributed by atoms with van der Waals surface area (Å²) in [7, 11) is 0. The fraction of sp³-hybridized carbons (Fsp3) is 0.429. The molecular formula is C14H14F2N2O2. The second-order valence-electron chi connectivity index (χ2n) is 5.22. The number of benzene rings is 1. The Labute approximate surface area is 114 Å². The third-order valence-electron chi connectivity index (χ3n) is 3.93. The Hall–Kier alpha value is -1.82. The molecule has 2 aliphatic heterocycles. The van der Waals surface area contributed by atoms with Gasteiger partial charge in [0, 0.05) is 6.54 Å². The summed E-state index contributed by atoms with van der Waals surface area (Å²) in [5, 5.41) is 3.21. The van der Waals surface area contributed by atoms with Crippen molar-refractivity contribution in [2.45, 2.75) is 12.8 Å². The van der Waals surface area contributed by atoms with Crippen LogP contribution in [-0.2, 0) is 0 Å². The quantitative estimate of drug-likeness (QED) is 0.855. The van der Waals surface area contributed by atoms with E-state index in [0.29, 0.717) is 18.9 Å². The molecule has 1 fully saturated rings. The summed E-state index contributed by atoms with van der Waals surface area (Å²) >= 11 is 0. The van der Waals surface area contributed by atoms with Crippen LogP contribution in [0.1, 0.15) is 33.6 Å². The topological polar surface area (TPSA) is 49.4 Å². The van der Waals surface area contributed by atoms with E-state index < -0.39 is 23.4 Å². The highest BCUT2D eigenvalue weighted by atomic mass is 19.2. The normalized spacial score (nSPS) is 21.7. The Bertz CT molecular complexity index is 542. The summed E-state index contributed by atoms with van der Waals surface area (Å²) in [6.07, 6.45) is 1.73. The molecule has 0 aliphatic carbocycles. The fourth-order valence-corrected chi connectivity index (χ4v) is 2.76. The van der Waals surface area contributed by atoms with Crippen LogP contribution < -0.4 is 5.32 Å². The molecule has 1 atom stereocenters. The number of nitrogens with one attached hydrogen (secondary N) is 1. The molecule has 0 radical (unpaired) electrons. The van der Waals surface area contributed by atoms with Crippen LogP contribution in [-0.4, -0.2) is 36.3 Å². The Balaban J connectivity index is 1.78. The van der Waals surface area contributed by atoms with E-state index in [1.54, 1.807) is 0 Å². The van der Waals surface area contributed by atoms with Crippen molar-refractivity contribution < 1.29 is 18.4 Å². The van der Waals surface area contributed by atoms with Gasteiger partial charge in [-0.2, -0.15) is 0 Å². The van der Waals surface area contributed by atoms with E-state index in [9.17, 15) is 18.4 Å². The van der Waals surface area contributed by atoms with Crippen molar-refractivity contribution in [3.8, 4) is 0 Å². The monoisotopic (exact) mass is 280 g/mol. The summed E-state index contributed by atoms with van der Waals surface area (Å²) < 4.78 is 26.3. The minimum Gasteiger partial charge on any atom is -0.316 e. The van der Waals surface area contributed by atoms with Crippen molar-refractivity contribution in [3.05, 3.63) is 34.9 Å². The van der Waals surface area contributed by atoms with Gasteiger partial charge in [0.25, 0.3) is 11.8 Å². The van der Waals surface area contributed by atoms with Crippen LogP contribution in [0.15, 0.2) is 12.1 Å². The van der Waals surface area contributed by atoms with Gasteiger partial charge in [-0.15, -0.1) is 0 Å². The molecule has 106 valence electrons. The van der Waals surface area contributed by atoms with Crippen molar-refractivity contribution in [1.82, 2.24) is 10.2 Å². The molecule has 4 nitrogen and oxygen atoms in total. The van der Waals surface area contributed by atoms with Crippen LogP contribution in [0.3, 0.4) is 0 Å². The van der Waals surface area contributed by atoms with Gasteiger partial charge in [-0.1, -0.05) is 0 Å². The second-order valence-corrected chi connectivity index (χ2v) is 5.22. The van der Waals surface area contributed by atoms with Crippen molar-refractivity contribution in [3.63, 3.8) is 0 Å². The molecule has 2 aliphatic rings. The van der Waals surface area contributed by atoms with E-state index in [2.05, 4.69) is 5.32 Å². The average molecular weight is 280 g/mol. The number of amides is 2. The highest BCUT2D eigenvalue weighted by Crippen LogP contribution is 2.26. The molecule has 1 saturated heterocycles. The molecule has 1 aromatic carbocycles. The lowest BCUT2D eigenvalue weighted by Gasteiger charge is -2.16. The first-order chi connectivity index (χ1) is 9.58. The Morgan fingerprint density at radius 2 is 1.75 bits per heavy atom. The van der Waals surface area contributed by atoms with Crippen molar-refractivity contribution >= 4 is 11.8 Å². The molecule has 6 heteroatoms. The summed E-state index contributed by atoms with van der Waals surface area (Å²) in [5.74, 6) is -2.84. The predicted octanol–water partition coefficient (Wildman–Crippen LogP) is 1.56. The van der Waals surface area contributed by atoms with Gasteiger partial charge in [0.05, 0.1) is 11.1 Å². The molecule has 0 saturated carbocycles. The lowest BCUT2D eigenvalue weighted by molar-refractivity contribution is 0.0646. The average Bonchev–Trinajstić information content (AvgIpc) is 3.00. The number of nitrogens with zero attached hydrogens (tertiary/aromatic N) is 1. The van der Waals surface area contributed by atoms with Crippen molar-refractivity contribution in [1.29, 1.82) is 0 Å². The number of hydrogen-bond donors (Lipinski definition) is 1. The maximum Gasteiger partial charge on any atom is 0.261 e. The Kier molecular flexibility index (Phi) is 3.25. The largest absolute Gasteiger partial charge is 0.316 e. The molecule has 3 rings (SSSR count). The number of halogens is 2. The van der Waals surface area contributed by atoms with E-state index in [1.165, 1.54) is 0 Å².